The van der Waals surface area contributed by atoms with Crippen molar-refractivity contribution in [2.24, 2.45) is 0 Å². The largest absolute Gasteiger partial charge is 0.208 e. The highest BCUT2D eigenvalue weighted by molar-refractivity contribution is 5.78. The van der Waals surface area contributed by atoms with Gasteiger partial charge in [-0.05, 0) is 68.1 Å². The number of nitrogens with zero attached hydrogens (tertiary/aromatic N) is 3. The van der Waals surface area contributed by atoms with Crippen molar-refractivity contribution in [3.63, 3.8) is 0 Å². The number of hydrogen-bond acceptors (Lipinski definition) is 3. The normalized spacial score (nSPS) is 16.7. The second-order valence-corrected chi connectivity index (χ2v) is 14.5. The van der Waals surface area contributed by atoms with Crippen LogP contribution in [-0.2, 0) is 0 Å². The van der Waals surface area contributed by atoms with Crippen molar-refractivity contribution in [2.45, 2.75) is 18.3 Å². The molecule has 2 bridgehead atoms. The summed E-state index contributed by atoms with van der Waals surface area (Å²) in [6.45, 7) is 4.70. The Morgan fingerprint density at radius 3 is 1.29 bits per heavy atom. The van der Waals surface area contributed by atoms with Gasteiger partial charge in [-0.1, -0.05) is 194 Å². The summed E-state index contributed by atoms with van der Waals surface area (Å²) < 4.78 is 0. The number of hydrogen-bond donors (Lipinski definition) is 0. The van der Waals surface area contributed by atoms with Crippen LogP contribution in [0.25, 0.3) is 62.0 Å². The van der Waals surface area contributed by atoms with Gasteiger partial charge in [-0.15, -0.1) is 0 Å². The molecule has 3 aliphatic carbocycles. The van der Waals surface area contributed by atoms with Crippen LogP contribution in [0.5, 0.6) is 0 Å². The summed E-state index contributed by atoms with van der Waals surface area (Å²) in [5, 5.41) is 0. The molecule has 1 aromatic heterocycles. The Morgan fingerprint density at radius 1 is 0.364 bits per heavy atom. The van der Waals surface area contributed by atoms with E-state index in [1.165, 1.54) is 50.1 Å². The predicted molar refractivity (Wildman–Crippen MR) is 225 cm³/mol. The van der Waals surface area contributed by atoms with E-state index < -0.39 is 0 Å². The highest BCUT2D eigenvalue weighted by Crippen LogP contribution is 2.51. The Labute approximate surface area is 322 Å². The number of benzene rings is 7. The fourth-order valence-electron chi connectivity index (χ4n) is 8.38. The maximum absolute atomic E-state index is 5.02. The van der Waals surface area contributed by atoms with Crippen LogP contribution in [0.3, 0.4) is 0 Å². The minimum Gasteiger partial charge on any atom is -0.208 e. The lowest BCUT2D eigenvalue weighted by atomic mass is 9.66. The predicted octanol–water partition coefficient (Wildman–Crippen LogP) is 12.8. The molecule has 0 amide bonds. The number of rotatable bonds is 6. The van der Waals surface area contributed by atoms with Crippen molar-refractivity contribution in [1.82, 2.24) is 15.0 Å². The van der Waals surface area contributed by atoms with E-state index in [0.717, 1.165) is 34.2 Å². The molecule has 0 unspecified atom stereocenters. The van der Waals surface area contributed by atoms with Crippen LogP contribution in [0.15, 0.2) is 200 Å². The molecule has 3 aliphatic rings. The summed E-state index contributed by atoms with van der Waals surface area (Å²) in [5.74, 6) is 2.36. The molecule has 0 saturated carbocycles. The summed E-state index contributed by atoms with van der Waals surface area (Å²) in [6, 6.07) is 64.4. The maximum atomic E-state index is 5.02. The average molecular weight is 704 g/mol. The van der Waals surface area contributed by atoms with Crippen molar-refractivity contribution in [2.75, 3.05) is 0 Å². The minimum absolute atomic E-state index is 0.204. The number of aromatic nitrogens is 3. The molecular formula is C52H37N3. The number of fused-ring (bicyclic) bond motifs is 2. The van der Waals surface area contributed by atoms with Crippen LogP contribution in [-0.4, -0.2) is 15.0 Å². The smallest absolute Gasteiger partial charge is 0.164 e. The summed E-state index contributed by atoms with van der Waals surface area (Å²) in [6.07, 6.45) is 3.32. The van der Waals surface area contributed by atoms with Crippen molar-refractivity contribution >= 4 is 5.57 Å². The van der Waals surface area contributed by atoms with E-state index in [9.17, 15) is 0 Å². The molecule has 0 fully saturated rings. The molecule has 0 radical (unpaired) electrons. The monoisotopic (exact) mass is 703 g/mol. The SMILES string of the molecule is C=C1C/C(c2cccc(-c3ccc(-c4nc(-c5ccccc5)nc(-c5ccc(-c6ccccc6)cc5)n4)cc3)c2)=C\C2c3ccccc3C1c1ccccc12. The van der Waals surface area contributed by atoms with E-state index in [1.807, 2.05) is 36.4 Å². The zero-order chi connectivity index (χ0) is 36.7. The first kappa shape index (κ1) is 32.7. The molecule has 0 spiro atoms. The summed E-state index contributed by atoms with van der Waals surface area (Å²) in [4.78, 5) is 14.9. The van der Waals surface area contributed by atoms with Crippen LogP contribution in [0.1, 0.15) is 46.1 Å². The average Bonchev–Trinajstić information content (AvgIpc) is 3.26. The van der Waals surface area contributed by atoms with E-state index in [0.29, 0.717) is 17.5 Å². The lowest BCUT2D eigenvalue weighted by Gasteiger charge is -2.37. The lowest BCUT2D eigenvalue weighted by molar-refractivity contribution is 0.799. The first-order valence-corrected chi connectivity index (χ1v) is 18.9. The summed E-state index contributed by atoms with van der Waals surface area (Å²) >= 11 is 0. The molecular weight excluding hydrogens is 667 g/mol. The Balaban J connectivity index is 0.990. The molecule has 3 nitrogen and oxygen atoms in total. The fraction of sp³-hybridized carbons (Fsp3) is 0.0577. The van der Waals surface area contributed by atoms with Gasteiger partial charge in [-0.25, -0.2) is 15.0 Å². The van der Waals surface area contributed by atoms with Crippen LogP contribution >= 0.6 is 0 Å². The summed E-state index contributed by atoms with van der Waals surface area (Å²) in [5.41, 5.74) is 16.8. The first-order chi connectivity index (χ1) is 27.2. The Hall–Kier alpha value is -6.97. The molecule has 7 aromatic carbocycles. The molecule has 0 aliphatic heterocycles. The Kier molecular flexibility index (Phi) is 8.18. The summed E-state index contributed by atoms with van der Waals surface area (Å²) in [7, 11) is 0. The van der Waals surface area contributed by atoms with Crippen molar-refractivity contribution in [3.8, 4) is 56.4 Å². The quantitative estimate of drug-likeness (QED) is 0.162. The van der Waals surface area contributed by atoms with Gasteiger partial charge < -0.3 is 0 Å². The first-order valence-electron chi connectivity index (χ1n) is 18.9. The van der Waals surface area contributed by atoms with E-state index in [2.05, 4.69) is 152 Å². The van der Waals surface area contributed by atoms with Crippen LogP contribution in [0.2, 0.25) is 0 Å². The molecule has 260 valence electrons. The fourth-order valence-corrected chi connectivity index (χ4v) is 8.38. The van der Waals surface area contributed by atoms with Crippen LogP contribution in [0, 0.1) is 0 Å². The van der Waals surface area contributed by atoms with Gasteiger partial charge >= 0.3 is 0 Å². The standard InChI is InChI=1S/C52H37N3/c1-34-31-43(33-48-44-19-8-10-21-46(44)49(34)47-22-11-9-20-45(47)48)42-18-12-17-41(32-42)37-25-29-40(30-26-37)52-54-50(38-15-6-3-7-16-38)53-51(55-52)39-27-23-36(24-28-39)35-13-4-2-5-14-35/h2-30,32-33,48-49H,1,31H2/b43-33+. The van der Waals surface area contributed by atoms with E-state index in [-0.39, 0.29) is 11.8 Å². The van der Waals surface area contributed by atoms with Gasteiger partial charge in [-0.3, -0.25) is 0 Å². The highest BCUT2D eigenvalue weighted by Gasteiger charge is 2.34. The third-order valence-electron chi connectivity index (χ3n) is 11.1. The second kappa shape index (κ2) is 13.8. The van der Waals surface area contributed by atoms with Gasteiger partial charge in [0.25, 0.3) is 0 Å². The van der Waals surface area contributed by atoms with Gasteiger partial charge in [0.05, 0.1) is 0 Å². The van der Waals surface area contributed by atoms with Gasteiger partial charge in [0.15, 0.2) is 17.5 Å². The van der Waals surface area contributed by atoms with Gasteiger partial charge in [0, 0.05) is 28.5 Å². The molecule has 11 rings (SSSR count). The second-order valence-electron chi connectivity index (χ2n) is 14.5. The molecule has 0 N–H and O–H groups in total. The van der Waals surface area contributed by atoms with Gasteiger partial charge in [0.1, 0.15) is 0 Å². The maximum Gasteiger partial charge on any atom is 0.164 e. The van der Waals surface area contributed by atoms with Gasteiger partial charge in [0.2, 0.25) is 0 Å². The molecule has 0 atom stereocenters. The van der Waals surface area contributed by atoms with E-state index >= 15 is 0 Å². The molecule has 55 heavy (non-hydrogen) atoms. The molecule has 8 aromatic rings. The topological polar surface area (TPSA) is 38.7 Å². The van der Waals surface area contributed by atoms with E-state index in [1.54, 1.807) is 0 Å². The third-order valence-corrected chi connectivity index (χ3v) is 11.1. The molecule has 3 heteroatoms. The van der Waals surface area contributed by atoms with Crippen molar-refractivity contribution < 1.29 is 0 Å². The van der Waals surface area contributed by atoms with Crippen molar-refractivity contribution in [3.05, 3.63) is 228 Å². The lowest BCUT2D eigenvalue weighted by Crippen LogP contribution is -2.21. The molecule has 1 heterocycles. The highest BCUT2D eigenvalue weighted by atomic mass is 15.0. The zero-order valence-corrected chi connectivity index (χ0v) is 30.3. The van der Waals surface area contributed by atoms with Crippen molar-refractivity contribution in [1.29, 1.82) is 0 Å². The molecule has 0 saturated heterocycles. The van der Waals surface area contributed by atoms with Crippen LogP contribution in [0.4, 0.5) is 0 Å². The zero-order valence-electron chi connectivity index (χ0n) is 30.3. The van der Waals surface area contributed by atoms with Crippen LogP contribution < -0.4 is 0 Å². The van der Waals surface area contributed by atoms with E-state index in [4.69, 9.17) is 21.5 Å². The minimum atomic E-state index is 0.204. The Morgan fingerprint density at radius 2 is 0.745 bits per heavy atom. The third kappa shape index (κ3) is 6.10. The Bertz CT molecular complexity index is 2680. The number of allylic oxidation sites excluding steroid dienone is 3. The van der Waals surface area contributed by atoms with Gasteiger partial charge in [-0.2, -0.15) is 0 Å².